The summed E-state index contributed by atoms with van der Waals surface area (Å²) in [5, 5.41) is 20.0. The fraction of sp³-hybridized carbons (Fsp3) is 0.333. The van der Waals surface area contributed by atoms with E-state index in [-0.39, 0.29) is 23.7 Å². The van der Waals surface area contributed by atoms with E-state index in [0.29, 0.717) is 6.42 Å². The van der Waals surface area contributed by atoms with Crippen molar-refractivity contribution in [3.8, 4) is 5.75 Å². The van der Waals surface area contributed by atoms with Crippen molar-refractivity contribution in [1.82, 2.24) is 4.72 Å². The third-order valence-electron chi connectivity index (χ3n) is 1.98. The van der Waals surface area contributed by atoms with Gasteiger partial charge in [-0.2, -0.15) is 13.1 Å². The van der Waals surface area contributed by atoms with Gasteiger partial charge in [-0.05, 0) is 12.5 Å². The van der Waals surface area contributed by atoms with Gasteiger partial charge in [-0.3, -0.25) is 14.8 Å². The average Bonchev–Trinajstić information content (AvgIpc) is 2.29. The van der Waals surface area contributed by atoms with Gasteiger partial charge in [-0.15, -0.1) is 0 Å². The maximum atomic E-state index is 11.5. The Hall–Kier alpha value is -1.87. The molecule has 0 heterocycles. The zero-order valence-corrected chi connectivity index (χ0v) is 10.4. The average molecular weight is 275 g/mol. The van der Waals surface area contributed by atoms with Crippen LogP contribution in [0.3, 0.4) is 0 Å². The minimum Gasteiger partial charge on any atom is -0.506 e. The van der Waals surface area contributed by atoms with E-state index < -0.39 is 15.1 Å². The predicted octanol–water partition coefficient (Wildman–Crippen LogP) is 0.957. The van der Waals surface area contributed by atoms with Crippen LogP contribution in [0, 0.1) is 10.1 Å². The number of nitro benzene ring substituents is 1. The van der Waals surface area contributed by atoms with E-state index in [1.807, 2.05) is 4.72 Å². The third-order valence-corrected chi connectivity index (χ3v) is 3.05. The molecule has 0 saturated heterocycles. The summed E-state index contributed by atoms with van der Waals surface area (Å²) in [7, 11) is -3.84. The van der Waals surface area contributed by atoms with Gasteiger partial charge in [-0.1, -0.05) is 6.92 Å². The zero-order chi connectivity index (χ0) is 13.8. The van der Waals surface area contributed by atoms with E-state index in [2.05, 4.69) is 4.72 Å². The summed E-state index contributed by atoms with van der Waals surface area (Å²) in [6.07, 6.45) is 0.599. The molecule has 0 aliphatic carbocycles. The number of nitrogens with one attached hydrogen (secondary N) is 2. The first kappa shape index (κ1) is 14.2. The van der Waals surface area contributed by atoms with Crippen molar-refractivity contribution in [2.75, 3.05) is 11.3 Å². The van der Waals surface area contributed by atoms with Crippen LogP contribution in [0.15, 0.2) is 18.2 Å². The Morgan fingerprint density at radius 2 is 2.11 bits per heavy atom. The van der Waals surface area contributed by atoms with Crippen LogP contribution < -0.4 is 9.44 Å². The Balaban J connectivity index is 2.96. The normalized spacial score (nSPS) is 11.2. The molecular weight excluding hydrogens is 262 g/mol. The van der Waals surface area contributed by atoms with Crippen LogP contribution in [-0.4, -0.2) is 25.0 Å². The molecule has 0 spiro atoms. The zero-order valence-electron chi connectivity index (χ0n) is 9.58. The lowest BCUT2D eigenvalue weighted by Gasteiger charge is -2.09. The number of rotatable bonds is 6. The van der Waals surface area contributed by atoms with Crippen molar-refractivity contribution in [1.29, 1.82) is 0 Å². The topological polar surface area (TPSA) is 122 Å². The van der Waals surface area contributed by atoms with Crippen molar-refractivity contribution in [2.24, 2.45) is 0 Å². The second-order valence-electron chi connectivity index (χ2n) is 3.46. The molecular formula is C9H13N3O5S. The summed E-state index contributed by atoms with van der Waals surface area (Å²) in [6.45, 7) is 2.01. The highest BCUT2D eigenvalue weighted by atomic mass is 32.2. The lowest BCUT2D eigenvalue weighted by molar-refractivity contribution is -0.384. The number of phenolic OH excluding ortho intramolecular Hbond substituents is 1. The van der Waals surface area contributed by atoms with Crippen molar-refractivity contribution < 1.29 is 18.4 Å². The van der Waals surface area contributed by atoms with Gasteiger partial charge in [0.05, 0.1) is 10.6 Å². The van der Waals surface area contributed by atoms with E-state index in [1.54, 1.807) is 6.92 Å². The fourth-order valence-electron chi connectivity index (χ4n) is 1.14. The predicted molar refractivity (Wildman–Crippen MR) is 65.6 cm³/mol. The molecule has 9 heteroatoms. The van der Waals surface area contributed by atoms with Gasteiger partial charge in [0.25, 0.3) is 15.9 Å². The Kier molecular flexibility index (Phi) is 4.45. The first-order valence-electron chi connectivity index (χ1n) is 5.10. The molecule has 1 aromatic carbocycles. The van der Waals surface area contributed by atoms with Gasteiger partial charge < -0.3 is 5.11 Å². The highest BCUT2D eigenvalue weighted by molar-refractivity contribution is 7.90. The minimum atomic E-state index is -3.84. The molecule has 0 atom stereocenters. The lowest BCUT2D eigenvalue weighted by atomic mass is 10.2. The van der Waals surface area contributed by atoms with E-state index in [1.165, 1.54) is 0 Å². The molecule has 1 rings (SSSR count). The third kappa shape index (κ3) is 3.86. The maximum absolute atomic E-state index is 11.5. The summed E-state index contributed by atoms with van der Waals surface area (Å²) in [5.41, 5.74) is -0.561. The summed E-state index contributed by atoms with van der Waals surface area (Å²) in [6, 6.07) is 3.07. The molecule has 0 aliphatic rings. The minimum absolute atomic E-state index is 0.227. The van der Waals surface area contributed by atoms with Crippen LogP contribution >= 0.6 is 0 Å². The molecule has 0 aromatic heterocycles. The molecule has 0 bridgehead atoms. The molecule has 100 valence electrons. The summed E-state index contributed by atoms with van der Waals surface area (Å²) in [4.78, 5) is 9.85. The van der Waals surface area contributed by atoms with E-state index >= 15 is 0 Å². The molecule has 1 aromatic rings. The molecule has 0 amide bonds. The molecule has 0 radical (unpaired) electrons. The second kappa shape index (κ2) is 5.65. The highest BCUT2D eigenvalue weighted by Gasteiger charge is 2.15. The smallest absolute Gasteiger partial charge is 0.299 e. The molecule has 0 saturated carbocycles. The van der Waals surface area contributed by atoms with Crippen molar-refractivity contribution >= 4 is 21.6 Å². The largest absolute Gasteiger partial charge is 0.506 e. The number of nitrogens with zero attached hydrogens (tertiary/aromatic N) is 1. The first-order chi connectivity index (χ1) is 8.35. The first-order valence-corrected chi connectivity index (χ1v) is 6.59. The molecule has 18 heavy (non-hydrogen) atoms. The van der Waals surface area contributed by atoms with Gasteiger partial charge in [0.15, 0.2) is 0 Å². The van der Waals surface area contributed by atoms with E-state index in [4.69, 9.17) is 0 Å². The standard InChI is InChI=1S/C9H13N3O5S/c1-2-5-10-18(16,17)11-8-6-7(12(14)15)3-4-9(8)13/h3-4,6,10-11,13H,2,5H2,1H3. The number of phenols is 1. The summed E-state index contributed by atoms with van der Waals surface area (Å²) >= 11 is 0. The van der Waals surface area contributed by atoms with Crippen LogP contribution in [-0.2, 0) is 10.2 Å². The number of non-ortho nitro benzene ring substituents is 1. The maximum Gasteiger partial charge on any atom is 0.299 e. The summed E-state index contributed by atoms with van der Waals surface area (Å²) < 4.78 is 27.2. The van der Waals surface area contributed by atoms with Crippen molar-refractivity contribution in [3.63, 3.8) is 0 Å². The van der Waals surface area contributed by atoms with E-state index in [9.17, 15) is 23.6 Å². The van der Waals surface area contributed by atoms with Crippen molar-refractivity contribution in [2.45, 2.75) is 13.3 Å². The van der Waals surface area contributed by atoms with Gasteiger partial charge in [-0.25, -0.2) is 0 Å². The quantitative estimate of drug-likeness (QED) is 0.405. The summed E-state index contributed by atoms with van der Waals surface area (Å²) in [5.74, 6) is -0.387. The van der Waals surface area contributed by atoms with Gasteiger partial charge in [0.2, 0.25) is 0 Å². The van der Waals surface area contributed by atoms with Crippen LogP contribution in [0.5, 0.6) is 5.75 Å². The molecule has 0 aliphatic heterocycles. The Morgan fingerprint density at radius 1 is 1.44 bits per heavy atom. The second-order valence-corrected chi connectivity index (χ2v) is 4.96. The lowest BCUT2D eigenvalue weighted by Crippen LogP contribution is -2.30. The Labute approximate surface area is 104 Å². The van der Waals surface area contributed by atoms with Crippen molar-refractivity contribution in [3.05, 3.63) is 28.3 Å². The van der Waals surface area contributed by atoms with E-state index in [0.717, 1.165) is 18.2 Å². The number of hydrogen-bond donors (Lipinski definition) is 3. The monoisotopic (exact) mass is 275 g/mol. The van der Waals surface area contributed by atoms with Gasteiger partial charge in [0, 0.05) is 18.7 Å². The number of anilines is 1. The number of aromatic hydroxyl groups is 1. The number of benzene rings is 1. The van der Waals surface area contributed by atoms with Crippen LogP contribution in [0.2, 0.25) is 0 Å². The van der Waals surface area contributed by atoms with Gasteiger partial charge in [0.1, 0.15) is 5.75 Å². The SMILES string of the molecule is CCCNS(=O)(=O)Nc1cc([N+](=O)[O-])ccc1O. The Bertz CT molecular complexity index is 543. The molecule has 8 nitrogen and oxygen atoms in total. The molecule has 0 fully saturated rings. The highest BCUT2D eigenvalue weighted by Crippen LogP contribution is 2.28. The molecule has 3 N–H and O–H groups in total. The number of hydrogen-bond acceptors (Lipinski definition) is 5. The number of nitro groups is 1. The van der Waals surface area contributed by atoms with Crippen LogP contribution in [0.25, 0.3) is 0 Å². The van der Waals surface area contributed by atoms with Gasteiger partial charge >= 0.3 is 0 Å². The molecule has 0 unspecified atom stereocenters. The van der Waals surface area contributed by atoms with Crippen LogP contribution in [0.4, 0.5) is 11.4 Å². The van der Waals surface area contributed by atoms with Crippen LogP contribution in [0.1, 0.15) is 13.3 Å². The fourth-order valence-corrected chi connectivity index (χ4v) is 2.13. The Morgan fingerprint density at radius 3 is 2.67 bits per heavy atom.